The van der Waals surface area contributed by atoms with Gasteiger partial charge in [-0.25, -0.2) is 4.79 Å². The van der Waals surface area contributed by atoms with Crippen LogP contribution in [0.5, 0.6) is 0 Å². The highest BCUT2D eigenvalue weighted by Crippen LogP contribution is 2.45. The van der Waals surface area contributed by atoms with E-state index in [1.54, 1.807) is 0 Å². The predicted octanol–water partition coefficient (Wildman–Crippen LogP) is 4.30. The van der Waals surface area contributed by atoms with Crippen LogP contribution in [0.2, 0.25) is 0 Å². The molecule has 0 unspecified atom stereocenters. The first-order chi connectivity index (χ1) is 11.0. The highest BCUT2D eigenvalue weighted by atomic mass is 16.4. The smallest absolute Gasteiger partial charge is 0.332 e. The predicted molar refractivity (Wildman–Crippen MR) is 94.5 cm³/mol. The summed E-state index contributed by atoms with van der Waals surface area (Å²) in [6.45, 7) is 6.39. The molecule has 0 saturated carbocycles. The third-order valence-electron chi connectivity index (χ3n) is 4.56. The molecule has 23 heavy (non-hydrogen) atoms. The number of rotatable bonds is 14. The Balaban J connectivity index is 6.02. The molecular formula is C19H36O4. The van der Waals surface area contributed by atoms with Crippen LogP contribution in [-0.2, 0) is 4.79 Å². The van der Waals surface area contributed by atoms with E-state index in [9.17, 15) is 20.1 Å². The normalized spacial score (nSPS) is 11.5. The van der Waals surface area contributed by atoms with Crippen LogP contribution < -0.4 is 0 Å². The van der Waals surface area contributed by atoms with Crippen LogP contribution in [0.25, 0.3) is 0 Å². The highest BCUT2D eigenvalue weighted by molar-refractivity contribution is 5.89. The largest absolute Gasteiger partial charge is 0.478 e. The molecule has 0 aromatic heterocycles. The molecule has 0 aromatic rings. The average Bonchev–Trinajstić information content (AvgIpc) is 2.51. The lowest BCUT2D eigenvalue weighted by molar-refractivity contribution is -0.134. The lowest BCUT2D eigenvalue weighted by Crippen LogP contribution is -2.30. The van der Waals surface area contributed by atoms with E-state index in [-0.39, 0.29) is 13.2 Å². The van der Waals surface area contributed by atoms with Gasteiger partial charge in [0.2, 0.25) is 0 Å². The van der Waals surface area contributed by atoms with Crippen LogP contribution in [0.4, 0.5) is 0 Å². The van der Waals surface area contributed by atoms with Crippen molar-refractivity contribution in [2.75, 3.05) is 13.2 Å². The van der Waals surface area contributed by atoms with Crippen LogP contribution >= 0.6 is 0 Å². The second kappa shape index (κ2) is 12.5. The Morgan fingerprint density at radius 2 is 1.30 bits per heavy atom. The van der Waals surface area contributed by atoms with Crippen molar-refractivity contribution in [1.82, 2.24) is 0 Å². The van der Waals surface area contributed by atoms with Gasteiger partial charge in [-0.2, -0.15) is 0 Å². The standard InChI is InChI=1S/C19H36O4/c1-4-9-16(10-5-2)17(18(22)23)19(11-6-3,12-7-14-20)13-8-15-21/h20-21H,4-15H2,1-3H3,(H,22,23). The maximum Gasteiger partial charge on any atom is 0.332 e. The minimum atomic E-state index is -0.814. The Labute approximate surface area is 141 Å². The number of carboxylic acid groups (broad SMARTS) is 1. The van der Waals surface area contributed by atoms with Crippen molar-refractivity contribution in [3.8, 4) is 0 Å². The molecule has 0 aliphatic carbocycles. The second-order valence-electron chi connectivity index (χ2n) is 6.47. The number of carbonyl (C=O) groups is 1. The third-order valence-corrected chi connectivity index (χ3v) is 4.56. The van der Waals surface area contributed by atoms with E-state index in [4.69, 9.17) is 0 Å². The van der Waals surface area contributed by atoms with Gasteiger partial charge in [-0.3, -0.25) is 0 Å². The van der Waals surface area contributed by atoms with Gasteiger partial charge in [0.15, 0.2) is 0 Å². The summed E-state index contributed by atoms with van der Waals surface area (Å²) in [5.74, 6) is -0.814. The Morgan fingerprint density at radius 1 is 0.826 bits per heavy atom. The van der Waals surface area contributed by atoms with Gasteiger partial charge < -0.3 is 15.3 Å². The molecule has 0 radical (unpaired) electrons. The number of hydrogen-bond acceptors (Lipinski definition) is 3. The summed E-state index contributed by atoms with van der Waals surface area (Å²) >= 11 is 0. The maximum absolute atomic E-state index is 12.2. The monoisotopic (exact) mass is 328 g/mol. The average molecular weight is 328 g/mol. The van der Waals surface area contributed by atoms with Crippen molar-refractivity contribution >= 4 is 5.97 Å². The molecule has 0 atom stereocenters. The summed E-state index contributed by atoms with van der Waals surface area (Å²) in [7, 11) is 0. The molecule has 3 N–H and O–H groups in total. The summed E-state index contributed by atoms with van der Waals surface area (Å²) in [4.78, 5) is 12.2. The summed E-state index contributed by atoms with van der Waals surface area (Å²) in [6.07, 6.45) is 7.78. The molecule has 0 amide bonds. The zero-order valence-electron chi connectivity index (χ0n) is 15.2. The molecule has 0 bridgehead atoms. The summed E-state index contributed by atoms with van der Waals surface area (Å²) in [5, 5.41) is 28.5. The van der Waals surface area contributed by atoms with Gasteiger partial charge in [0.05, 0.1) is 0 Å². The molecule has 136 valence electrons. The molecule has 4 heteroatoms. The fraction of sp³-hybridized carbons (Fsp3) is 0.842. The zero-order chi connectivity index (χ0) is 17.7. The lowest BCUT2D eigenvalue weighted by Gasteiger charge is -2.36. The van der Waals surface area contributed by atoms with E-state index in [1.807, 2.05) is 0 Å². The molecule has 0 heterocycles. The summed E-state index contributed by atoms with van der Waals surface area (Å²) in [5.41, 5.74) is 1.21. The molecular weight excluding hydrogens is 292 g/mol. The van der Waals surface area contributed by atoms with E-state index in [2.05, 4.69) is 20.8 Å². The number of aliphatic hydroxyl groups excluding tert-OH is 2. The third kappa shape index (κ3) is 7.05. The van der Waals surface area contributed by atoms with Crippen molar-refractivity contribution in [3.05, 3.63) is 11.1 Å². The number of hydrogen-bond donors (Lipinski definition) is 3. The Bertz CT molecular complexity index is 344. The molecule has 0 rings (SSSR count). The number of aliphatic hydroxyl groups is 2. The Hall–Kier alpha value is -0.870. The van der Waals surface area contributed by atoms with Crippen LogP contribution in [0.3, 0.4) is 0 Å². The quantitative estimate of drug-likeness (QED) is 0.415. The number of allylic oxidation sites excluding steroid dienone is 1. The van der Waals surface area contributed by atoms with Crippen molar-refractivity contribution in [2.24, 2.45) is 5.41 Å². The fourth-order valence-electron chi connectivity index (χ4n) is 3.80. The number of aliphatic carboxylic acids is 1. The van der Waals surface area contributed by atoms with E-state index in [0.717, 1.165) is 44.1 Å². The van der Waals surface area contributed by atoms with Crippen molar-refractivity contribution in [3.63, 3.8) is 0 Å². The zero-order valence-corrected chi connectivity index (χ0v) is 15.2. The van der Waals surface area contributed by atoms with Crippen molar-refractivity contribution < 1.29 is 20.1 Å². The number of carboxylic acids is 1. The summed E-state index contributed by atoms with van der Waals surface area (Å²) in [6, 6.07) is 0. The van der Waals surface area contributed by atoms with E-state index in [0.29, 0.717) is 31.3 Å². The van der Waals surface area contributed by atoms with Crippen molar-refractivity contribution in [1.29, 1.82) is 0 Å². The van der Waals surface area contributed by atoms with Crippen LogP contribution in [0.15, 0.2) is 11.1 Å². The topological polar surface area (TPSA) is 77.8 Å². The Kier molecular flexibility index (Phi) is 12.1. The SMILES string of the molecule is CCCC(CCC)=C(C(=O)O)C(CCC)(CCCO)CCCO. The molecule has 0 aliphatic rings. The second-order valence-corrected chi connectivity index (χ2v) is 6.47. The van der Waals surface area contributed by atoms with E-state index in [1.165, 1.54) is 0 Å². The van der Waals surface area contributed by atoms with Gasteiger partial charge in [0, 0.05) is 24.2 Å². The molecule has 0 aliphatic heterocycles. The first kappa shape index (κ1) is 22.1. The van der Waals surface area contributed by atoms with Gasteiger partial charge in [0.25, 0.3) is 0 Å². The maximum atomic E-state index is 12.2. The van der Waals surface area contributed by atoms with Gasteiger partial charge in [0.1, 0.15) is 0 Å². The van der Waals surface area contributed by atoms with Gasteiger partial charge in [-0.05, 0) is 44.9 Å². The van der Waals surface area contributed by atoms with Gasteiger partial charge in [-0.15, -0.1) is 0 Å². The van der Waals surface area contributed by atoms with Gasteiger partial charge in [-0.1, -0.05) is 45.6 Å². The van der Waals surface area contributed by atoms with Crippen molar-refractivity contribution in [2.45, 2.75) is 85.0 Å². The summed E-state index contributed by atoms with van der Waals surface area (Å²) < 4.78 is 0. The highest BCUT2D eigenvalue weighted by Gasteiger charge is 2.38. The molecule has 0 saturated heterocycles. The molecule has 0 aromatic carbocycles. The van der Waals surface area contributed by atoms with E-state index < -0.39 is 11.4 Å². The van der Waals surface area contributed by atoms with E-state index >= 15 is 0 Å². The van der Waals surface area contributed by atoms with Crippen LogP contribution in [0, 0.1) is 5.41 Å². The minimum absolute atomic E-state index is 0.0778. The molecule has 0 fully saturated rings. The fourth-order valence-corrected chi connectivity index (χ4v) is 3.80. The molecule has 4 nitrogen and oxygen atoms in total. The first-order valence-electron chi connectivity index (χ1n) is 9.20. The lowest BCUT2D eigenvalue weighted by atomic mass is 9.67. The minimum Gasteiger partial charge on any atom is -0.478 e. The first-order valence-corrected chi connectivity index (χ1v) is 9.20. The van der Waals surface area contributed by atoms with Crippen LogP contribution in [-0.4, -0.2) is 34.5 Å². The van der Waals surface area contributed by atoms with Gasteiger partial charge >= 0.3 is 5.97 Å². The van der Waals surface area contributed by atoms with Crippen LogP contribution in [0.1, 0.15) is 85.0 Å². The molecule has 0 spiro atoms. The Morgan fingerprint density at radius 3 is 1.61 bits per heavy atom.